The van der Waals surface area contributed by atoms with Crippen LogP contribution in [0.3, 0.4) is 0 Å². The number of carbonyl (C=O) groups is 1. The number of rotatable bonds is 4. The van der Waals surface area contributed by atoms with Crippen LogP contribution in [0, 0.1) is 12.7 Å². The van der Waals surface area contributed by atoms with E-state index in [1.165, 1.54) is 17.2 Å². The number of thioether (sulfide) groups is 1. The highest BCUT2D eigenvalue weighted by Crippen LogP contribution is 2.38. The smallest absolute Gasteiger partial charge is 0.224 e. The Kier molecular flexibility index (Phi) is 5.47. The fourth-order valence-electron chi connectivity index (χ4n) is 2.82. The number of carbonyl (C=O) groups excluding carboxylic acids is 1. The van der Waals surface area contributed by atoms with Crippen LogP contribution in [0.15, 0.2) is 42.5 Å². The SMILES string of the molecule is Cc1ccc(C2SCCN2C(=O)CCc2ccc(F)c(Cl)c2)cc1. The maximum atomic E-state index is 13.2. The standard InChI is InChI=1S/C19H19ClFNOS/c1-13-2-6-15(7-3-13)19-22(10-11-24-19)18(23)9-5-14-4-8-17(21)16(20)12-14/h2-4,6-8,12,19H,5,9-11H2,1H3. The van der Waals surface area contributed by atoms with Gasteiger partial charge in [-0.25, -0.2) is 4.39 Å². The van der Waals surface area contributed by atoms with Crippen molar-refractivity contribution in [2.45, 2.75) is 25.1 Å². The predicted molar refractivity (Wildman–Crippen MR) is 97.8 cm³/mol. The van der Waals surface area contributed by atoms with Gasteiger partial charge in [-0.2, -0.15) is 0 Å². The minimum absolute atomic E-state index is 0.0925. The average Bonchev–Trinajstić information content (AvgIpc) is 3.06. The zero-order valence-electron chi connectivity index (χ0n) is 13.5. The first-order valence-corrected chi connectivity index (χ1v) is 9.39. The van der Waals surface area contributed by atoms with Gasteiger partial charge < -0.3 is 4.90 Å². The molecular weight excluding hydrogens is 345 g/mol. The molecule has 1 aliphatic rings. The van der Waals surface area contributed by atoms with E-state index in [1.54, 1.807) is 23.9 Å². The van der Waals surface area contributed by atoms with Crippen molar-refractivity contribution in [3.63, 3.8) is 0 Å². The third-order valence-electron chi connectivity index (χ3n) is 4.19. The molecule has 1 amide bonds. The summed E-state index contributed by atoms with van der Waals surface area (Å²) in [6.45, 7) is 2.83. The zero-order chi connectivity index (χ0) is 17.1. The third-order valence-corrected chi connectivity index (χ3v) is 5.74. The highest BCUT2D eigenvalue weighted by atomic mass is 35.5. The van der Waals surface area contributed by atoms with Crippen molar-refractivity contribution in [2.75, 3.05) is 12.3 Å². The summed E-state index contributed by atoms with van der Waals surface area (Å²) in [5.74, 6) is 0.653. The Morgan fingerprint density at radius 2 is 2.04 bits per heavy atom. The molecule has 0 saturated carbocycles. The van der Waals surface area contributed by atoms with Crippen molar-refractivity contribution < 1.29 is 9.18 Å². The number of hydrogen-bond acceptors (Lipinski definition) is 2. The fraction of sp³-hybridized carbons (Fsp3) is 0.316. The molecule has 3 rings (SSSR count). The molecule has 1 saturated heterocycles. The van der Waals surface area contributed by atoms with Gasteiger partial charge in [0.15, 0.2) is 0 Å². The molecule has 2 nitrogen and oxygen atoms in total. The minimum atomic E-state index is -0.429. The van der Waals surface area contributed by atoms with Crippen LogP contribution in [0.2, 0.25) is 5.02 Å². The van der Waals surface area contributed by atoms with Gasteiger partial charge in [0.2, 0.25) is 5.91 Å². The second-order valence-corrected chi connectivity index (χ2v) is 7.56. The summed E-state index contributed by atoms with van der Waals surface area (Å²) in [7, 11) is 0. The summed E-state index contributed by atoms with van der Waals surface area (Å²) < 4.78 is 13.2. The average molecular weight is 364 g/mol. The molecule has 1 fully saturated rings. The van der Waals surface area contributed by atoms with Gasteiger partial charge in [0, 0.05) is 18.7 Å². The zero-order valence-corrected chi connectivity index (χ0v) is 15.0. The van der Waals surface area contributed by atoms with Crippen LogP contribution in [0.25, 0.3) is 0 Å². The van der Waals surface area contributed by atoms with E-state index in [-0.39, 0.29) is 16.3 Å². The third kappa shape index (κ3) is 3.93. The van der Waals surface area contributed by atoms with Gasteiger partial charge in [-0.15, -0.1) is 11.8 Å². The van der Waals surface area contributed by atoms with E-state index < -0.39 is 5.82 Å². The molecule has 0 spiro atoms. The van der Waals surface area contributed by atoms with E-state index in [4.69, 9.17) is 11.6 Å². The molecule has 0 aliphatic carbocycles. The van der Waals surface area contributed by atoms with Gasteiger partial charge in [-0.3, -0.25) is 4.79 Å². The quantitative estimate of drug-likeness (QED) is 0.762. The first-order chi connectivity index (χ1) is 11.5. The monoisotopic (exact) mass is 363 g/mol. The molecule has 0 aromatic heterocycles. The molecule has 0 bridgehead atoms. The van der Waals surface area contributed by atoms with Crippen LogP contribution in [0.5, 0.6) is 0 Å². The second-order valence-electron chi connectivity index (χ2n) is 5.97. The Morgan fingerprint density at radius 1 is 1.29 bits per heavy atom. The molecule has 0 radical (unpaired) electrons. The Bertz CT molecular complexity index is 735. The molecule has 2 aromatic carbocycles. The maximum Gasteiger partial charge on any atom is 0.224 e. The van der Waals surface area contributed by atoms with Crippen LogP contribution in [-0.4, -0.2) is 23.1 Å². The molecule has 1 aliphatic heterocycles. The summed E-state index contributed by atoms with van der Waals surface area (Å²) in [5.41, 5.74) is 3.27. The lowest BCUT2D eigenvalue weighted by Crippen LogP contribution is -2.30. The Morgan fingerprint density at radius 3 is 2.75 bits per heavy atom. The van der Waals surface area contributed by atoms with E-state index in [1.807, 2.05) is 4.90 Å². The van der Waals surface area contributed by atoms with Crippen LogP contribution in [0.1, 0.15) is 28.5 Å². The van der Waals surface area contributed by atoms with Gasteiger partial charge in [0.05, 0.1) is 5.02 Å². The number of nitrogens with zero attached hydrogens (tertiary/aromatic N) is 1. The van der Waals surface area contributed by atoms with E-state index >= 15 is 0 Å². The van der Waals surface area contributed by atoms with Gasteiger partial charge in [-0.05, 0) is 36.6 Å². The molecule has 1 unspecified atom stereocenters. The van der Waals surface area contributed by atoms with Gasteiger partial charge in [0.1, 0.15) is 11.2 Å². The normalized spacial score (nSPS) is 17.3. The summed E-state index contributed by atoms with van der Waals surface area (Å²) in [6.07, 6.45) is 0.978. The molecular formula is C19H19ClFNOS. The van der Waals surface area contributed by atoms with Crippen molar-refractivity contribution in [3.8, 4) is 0 Å². The van der Waals surface area contributed by atoms with Crippen LogP contribution >= 0.6 is 23.4 Å². The summed E-state index contributed by atoms with van der Waals surface area (Å²) in [4.78, 5) is 14.6. The molecule has 1 heterocycles. The highest BCUT2D eigenvalue weighted by molar-refractivity contribution is 7.99. The van der Waals surface area contributed by atoms with Gasteiger partial charge in [-0.1, -0.05) is 47.5 Å². The molecule has 1 atom stereocenters. The lowest BCUT2D eigenvalue weighted by Gasteiger charge is -2.24. The van der Waals surface area contributed by atoms with Crippen molar-refractivity contribution in [3.05, 3.63) is 70.0 Å². The van der Waals surface area contributed by atoms with E-state index in [0.29, 0.717) is 12.8 Å². The largest absolute Gasteiger partial charge is 0.326 e. The Labute approximate surface area is 151 Å². The summed E-state index contributed by atoms with van der Waals surface area (Å²) in [6, 6.07) is 13.0. The maximum absolute atomic E-state index is 13.2. The molecule has 126 valence electrons. The Hall–Kier alpha value is -1.52. The topological polar surface area (TPSA) is 20.3 Å². The lowest BCUT2D eigenvalue weighted by molar-refractivity contribution is -0.131. The van der Waals surface area contributed by atoms with E-state index in [0.717, 1.165) is 17.9 Å². The number of benzene rings is 2. The van der Waals surface area contributed by atoms with Crippen LogP contribution in [0.4, 0.5) is 4.39 Å². The predicted octanol–water partition coefficient (Wildman–Crippen LogP) is 4.99. The van der Waals surface area contributed by atoms with E-state index in [9.17, 15) is 9.18 Å². The molecule has 5 heteroatoms. The number of aryl methyl sites for hydroxylation is 2. The van der Waals surface area contributed by atoms with Crippen molar-refractivity contribution in [2.24, 2.45) is 0 Å². The molecule has 2 aromatic rings. The first kappa shape index (κ1) is 17.3. The van der Waals surface area contributed by atoms with Crippen molar-refractivity contribution >= 4 is 29.3 Å². The number of hydrogen-bond donors (Lipinski definition) is 0. The van der Waals surface area contributed by atoms with Gasteiger partial charge >= 0.3 is 0 Å². The number of amides is 1. The Balaban J connectivity index is 1.65. The van der Waals surface area contributed by atoms with Gasteiger partial charge in [0.25, 0.3) is 0 Å². The minimum Gasteiger partial charge on any atom is -0.326 e. The fourth-order valence-corrected chi connectivity index (χ4v) is 4.30. The highest BCUT2D eigenvalue weighted by Gasteiger charge is 2.30. The van der Waals surface area contributed by atoms with Crippen molar-refractivity contribution in [1.82, 2.24) is 4.90 Å². The molecule has 0 N–H and O–H groups in total. The van der Waals surface area contributed by atoms with Crippen LogP contribution < -0.4 is 0 Å². The van der Waals surface area contributed by atoms with Crippen LogP contribution in [-0.2, 0) is 11.2 Å². The first-order valence-electron chi connectivity index (χ1n) is 7.96. The van der Waals surface area contributed by atoms with Crippen molar-refractivity contribution in [1.29, 1.82) is 0 Å². The second kappa shape index (κ2) is 7.58. The summed E-state index contributed by atoms with van der Waals surface area (Å²) in [5, 5.41) is 0.198. The molecule has 24 heavy (non-hydrogen) atoms. The number of halogens is 2. The van der Waals surface area contributed by atoms with E-state index in [2.05, 4.69) is 31.2 Å². The lowest BCUT2D eigenvalue weighted by atomic mass is 10.1. The summed E-state index contributed by atoms with van der Waals surface area (Å²) >= 11 is 7.60.